The maximum absolute atomic E-state index is 12.6. The minimum atomic E-state index is -0.487. The molecule has 0 spiro atoms. The number of H-pyrrole nitrogens is 1. The summed E-state index contributed by atoms with van der Waals surface area (Å²) < 4.78 is 5.49. The van der Waals surface area contributed by atoms with E-state index in [2.05, 4.69) is 10.3 Å². The average molecular weight is 344 g/mol. The van der Waals surface area contributed by atoms with Gasteiger partial charge in [-0.25, -0.2) is 0 Å². The number of furan rings is 1. The summed E-state index contributed by atoms with van der Waals surface area (Å²) in [5.41, 5.74) is 2.87. The predicted octanol–water partition coefficient (Wildman–Crippen LogP) is 3.19. The van der Waals surface area contributed by atoms with Crippen LogP contribution in [0.2, 0.25) is 0 Å². The van der Waals surface area contributed by atoms with E-state index in [1.165, 1.54) is 12.3 Å². The van der Waals surface area contributed by atoms with E-state index in [9.17, 15) is 14.7 Å². The third-order valence-electron chi connectivity index (χ3n) is 4.65. The van der Waals surface area contributed by atoms with Crippen molar-refractivity contribution in [2.45, 2.75) is 0 Å². The fourth-order valence-corrected chi connectivity index (χ4v) is 3.49. The number of aromatic amines is 1. The Kier molecular flexibility index (Phi) is 2.85. The van der Waals surface area contributed by atoms with Gasteiger partial charge in [-0.2, -0.15) is 0 Å². The first-order valence-corrected chi connectivity index (χ1v) is 8.01. The molecule has 0 atom stereocenters. The summed E-state index contributed by atoms with van der Waals surface area (Å²) in [5, 5.41) is 13.7. The summed E-state index contributed by atoms with van der Waals surface area (Å²) in [4.78, 5) is 28.3. The zero-order valence-electron chi connectivity index (χ0n) is 13.4. The first-order chi connectivity index (χ1) is 12.6. The number of nitrogens with one attached hydrogen (secondary N) is 2. The van der Waals surface area contributed by atoms with Gasteiger partial charge in [0.25, 0.3) is 11.8 Å². The van der Waals surface area contributed by atoms with Crippen molar-refractivity contribution >= 4 is 44.8 Å². The van der Waals surface area contributed by atoms with Gasteiger partial charge in [-0.1, -0.05) is 18.2 Å². The maximum atomic E-state index is 12.6. The number of aromatic hydroxyl groups is 1. The van der Waals surface area contributed by atoms with E-state index < -0.39 is 11.8 Å². The molecule has 3 N–H and O–H groups in total. The van der Waals surface area contributed by atoms with Crippen molar-refractivity contribution in [2.75, 3.05) is 0 Å². The summed E-state index contributed by atoms with van der Waals surface area (Å²) in [6, 6.07) is 12.3. The molecule has 6 nitrogen and oxygen atoms in total. The summed E-state index contributed by atoms with van der Waals surface area (Å²) in [6.45, 7) is 0. The third kappa shape index (κ3) is 1.86. The van der Waals surface area contributed by atoms with Crippen molar-refractivity contribution in [2.24, 2.45) is 0 Å². The van der Waals surface area contributed by atoms with Gasteiger partial charge in [0.15, 0.2) is 0 Å². The van der Waals surface area contributed by atoms with Crippen LogP contribution in [0.15, 0.2) is 59.3 Å². The number of amides is 2. The van der Waals surface area contributed by atoms with E-state index in [0.717, 1.165) is 10.9 Å². The molecule has 1 aliphatic heterocycles. The van der Waals surface area contributed by atoms with E-state index in [1.807, 2.05) is 24.3 Å². The van der Waals surface area contributed by atoms with Crippen molar-refractivity contribution in [3.05, 3.63) is 66.1 Å². The van der Waals surface area contributed by atoms with Gasteiger partial charge in [-0.3, -0.25) is 14.9 Å². The molecule has 2 amide bonds. The van der Waals surface area contributed by atoms with Crippen LogP contribution < -0.4 is 5.32 Å². The molecule has 1 aliphatic rings. The second-order valence-electron chi connectivity index (χ2n) is 6.08. The highest BCUT2D eigenvalue weighted by atomic mass is 16.3. The van der Waals surface area contributed by atoms with Gasteiger partial charge in [0.1, 0.15) is 11.3 Å². The molecule has 6 heteroatoms. The molecular weight excluding hydrogens is 332 g/mol. The Labute approximate surface area is 146 Å². The van der Waals surface area contributed by atoms with Crippen LogP contribution in [-0.2, 0) is 9.59 Å². The zero-order valence-corrected chi connectivity index (χ0v) is 13.4. The molecule has 5 rings (SSSR count). The Bertz CT molecular complexity index is 1260. The molecule has 0 bridgehead atoms. The fraction of sp³-hybridized carbons (Fsp3) is 0. The summed E-state index contributed by atoms with van der Waals surface area (Å²) >= 11 is 0. The van der Waals surface area contributed by atoms with Gasteiger partial charge in [0.05, 0.1) is 22.8 Å². The second kappa shape index (κ2) is 5.10. The smallest absolute Gasteiger partial charge is 0.259 e. The minimum absolute atomic E-state index is 0.0523. The molecule has 4 aromatic rings. The molecular formula is C20H12N2O4. The van der Waals surface area contributed by atoms with Crippen LogP contribution in [0.4, 0.5) is 0 Å². The average Bonchev–Trinajstić information content (AvgIpc) is 3.33. The fourth-order valence-electron chi connectivity index (χ4n) is 3.49. The molecule has 2 aromatic carbocycles. The highest BCUT2D eigenvalue weighted by Gasteiger charge is 2.35. The number of fused-ring (bicyclic) bond motifs is 2. The van der Waals surface area contributed by atoms with E-state index in [4.69, 9.17) is 4.42 Å². The topological polar surface area (TPSA) is 95.3 Å². The summed E-state index contributed by atoms with van der Waals surface area (Å²) in [6.07, 6.45) is 3.16. The van der Waals surface area contributed by atoms with Crippen LogP contribution in [-0.4, -0.2) is 21.9 Å². The van der Waals surface area contributed by atoms with Crippen LogP contribution in [0.3, 0.4) is 0 Å². The summed E-state index contributed by atoms with van der Waals surface area (Å²) in [5.74, 6) is -0.891. The zero-order chi connectivity index (χ0) is 17.8. The Morgan fingerprint density at radius 2 is 1.62 bits per heavy atom. The van der Waals surface area contributed by atoms with Crippen LogP contribution in [0.25, 0.3) is 33.0 Å². The number of benzene rings is 2. The van der Waals surface area contributed by atoms with Crippen LogP contribution in [0.5, 0.6) is 5.75 Å². The monoisotopic (exact) mass is 344 g/mol. The van der Waals surface area contributed by atoms with Crippen molar-refractivity contribution < 1.29 is 19.1 Å². The first-order valence-electron chi connectivity index (χ1n) is 8.01. The minimum Gasteiger partial charge on any atom is -0.507 e. The SMILES string of the molecule is O=C1NC(=O)C(c2ccc(O)c3ccoc23)=C1c1c[nH]c2ccccc12. The number of para-hydroxylation sites is 1. The van der Waals surface area contributed by atoms with Gasteiger partial charge in [-0.05, 0) is 24.3 Å². The number of rotatable bonds is 2. The van der Waals surface area contributed by atoms with Crippen LogP contribution in [0.1, 0.15) is 11.1 Å². The van der Waals surface area contributed by atoms with Crippen LogP contribution in [0, 0.1) is 0 Å². The van der Waals surface area contributed by atoms with E-state index in [-0.39, 0.29) is 16.9 Å². The number of hydrogen-bond acceptors (Lipinski definition) is 4. The van der Waals surface area contributed by atoms with Crippen molar-refractivity contribution in [1.82, 2.24) is 10.3 Å². The maximum Gasteiger partial charge on any atom is 0.259 e. The van der Waals surface area contributed by atoms with Gasteiger partial charge < -0.3 is 14.5 Å². The molecule has 26 heavy (non-hydrogen) atoms. The number of phenolic OH excluding ortho intramolecular Hbond substituents is 1. The standard InChI is InChI=1S/C20H12N2O4/c23-15-6-5-12(18-11(15)7-8-26-18)16-17(20(25)22-19(16)24)13-9-21-14-4-2-1-3-10(13)14/h1-9,21,23H,(H,22,24,25). The molecule has 126 valence electrons. The van der Waals surface area contributed by atoms with Crippen molar-refractivity contribution in [3.63, 3.8) is 0 Å². The Hall–Kier alpha value is -3.80. The van der Waals surface area contributed by atoms with Gasteiger partial charge in [0, 0.05) is 28.2 Å². The Balaban J connectivity index is 1.87. The second-order valence-corrected chi connectivity index (χ2v) is 6.08. The largest absolute Gasteiger partial charge is 0.507 e. The number of aromatic nitrogens is 1. The van der Waals surface area contributed by atoms with Gasteiger partial charge in [0.2, 0.25) is 0 Å². The number of phenols is 1. The molecule has 0 radical (unpaired) electrons. The molecule has 2 aromatic heterocycles. The normalized spacial score (nSPS) is 14.6. The Morgan fingerprint density at radius 1 is 0.846 bits per heavy atom. The van der Waals surface area contributed by atoms with Crippen molar-refractivity contribution in [1.29, 1.82) is 0 Å². The molecule has 3 heterocycles. The van der Waals surface area contributed by atoms with E-state index in [1.54, 1.807) is 18.3 Å². The molecule has 0 fully saturated rings. The van der Waals surface area contributed by atoms with E-state index >= 15 is 0 Å². The third-order valence-corrected chi connectivity index (χ3v) is 4.65. The highest BCUT2D eigenvalue weighted by Crippen LogP contribution is 2.39. The number of hydrogen-bond donors (Lipinski definition) is 3. The van der Waals surface area contributed by atoms with E-state index in [0.29, 0.717) is 22.1 Å². The van der Waals surface area contributed by atoms with Gasteiger partial charge >= 0.3 is 0 Å². The first kappa shape index (κ1) is 14.5. The summed E-state index contributed by atoms with van der Waals surface area (Å²) in [7, 11) is 0. The lowest BCUT2D eigenvalue weighted by atomic mass is 9.95. The van der Waals surface area contributed by atoms with Crippen molar-refractivity contribution in [3.8, 4) is 5.75 Å². The quantitative estimate of drug-likeness (QED) is 0.487. The lowest BCUT2D eigenvalue weighted by molar-refractivity contribution is -0.122. The number of carbonyl (C=O) groups is 2. The highest BCUT2D eigenvalue weighted by molar-refractivity contribution is 6.50. The van der Waals surface area contributed by atoms with Gasteiger partial charge in [-0.15, -0.1) is 0 Å². The molecule has 0 saturated heterocycles. The molecule has 0 saturated carbocycles. The molecule has 0 unspecified atom stereocenters. The number of carbonyl (C=O) groups excluding carboxylic acids is 2. The predicted molar refractivity (Wildman–Crippen MR) is 96.1 cm³/mol. The lowest BCUT2D eigenvalue weighted by Crippen LogP contribution is -2.22. The number of imide groups is 1. The lowest BCUT2D eigenvalue weighted by Gasteiger charge is -2.06. The Morgan fingerprint density at radius 3 is 2.46 bits per heavy atom. The molecule has 0 aliphatic carbocycles. The van der Waals surface area contributed by atoms with Crippen LogP contribution >= 0.6 is 0 Å².